The van der Waals surface area contributed by atoms with Crippen LogP contribution in [0.15, 0.2) is 36.8 Å². The van der Waals surface area contributed by atoms with E-state index >= 15 is 0 Å². The predicted molar refractivity (Wildman–Crippen MR) is 77.2 cm³/mol. The minimum Gasteiger partial charge on any atom is -0.497 e. The molecule has 1 atom stereocenters. The summed E-state index contributed by atoms with van der Waals surface area (Å²) in [4.78, 5) is 18.8. The van der Waals surface area contributed by atoms with Crippen LogP contribution in [0.25, 0.3) is 0 Å². The van der Waals surface area contributed by atoms with Crippen molar-refractivity contribution in [1.29, 1.82) is 0 Å². The van der Waals surface area contributed by atoms with Crippen LogP contribution in [-0.4, -0.2) is 28.2 Å². The van der Waals surface area contributed by atoms with E-state index in [2.05, 4.69) is 15.3 Å². The summed E-state index contributed by atoms with van der Waals surface area (Å²) in [6, 6.07) is 7.78. The first kappa shape index (κ1) is 14.9. The number of aromatic nitrogens is 2. The molecule has 0 aliphatic heterocycles. The van der Waals surface area contributed by atoms with Crippen molar-refractivity contribution in [3.8, 4) is 5.75 Å². The number of aromatic carboxylic acids is 1. The number of benzene rings is 1. The molecule has 2 N–H and O–H groups in total. The maximum Gasteiger partial charge on any atom is 0.339 e. The van der Waals surface area contributed by atoms with Crippen molar-refractivity contribution in [2.45, 2.75) is 19.5 Å². The number of hydrogen-bond acceptors (Lipinski definition) is 5. The fourth-order valence-corrected chi connectivity index (χ4v) is 1.93. The summed E-state index contributed by atoms with van der Waals surface area (Å²) in [5.41, 5.74) is 1.67. The molecule has 0 radical (unpaired) electrons. The Morgan fingerprint density at radius 1 is 1.38 bits per heavy atom. The fourth-order valence-electron chi connectivity index (χ4n) is 1.93. The number of nitrogens with one attached hydrogen (secondary N) is 1. The second-order valence-electron chi connectivity index (χ2n) is 4.56. The average Bonchev–Trinajstić information content (AvgIpc) is 2.52. The van der Waals surface area contributed by atoms with Crippen LogP contribution < -0.4 is 10.1 Å². The van der Waals surface area contributed by atoms with Gasteiger partial charge in [0.25, 0.3) is 0 Å². The van der Waals surface area contributed by atoms with Crippen molar-refractivity contribution in [2.75, 3.05) is 7.11 Å². The van der Waals surface area contributed by atoms with Crippen LogP contribution in [0.1, 0.15) is 34.6 Å². The third-order valence-electron chi connectivity index (χ3n) is 3.22. The third kappa shape index (κ3) is 3.76. The van der Waals surface area contributed by atoms with E-state index < -0.39 is 5.97 Å². The first-order chi connectivity index (χ1) is 10.1. The molecule has 110 valence electrons. The number of rotatable bonds is 6. The summed E-state index contributed by atoms with van der Waals surface area (Å²) in [5, 5.41) is 12.3. The molecule has 1 aromatic heterocycles. The van der Waals surface area contributed by atoms with Crippen LogP contribution in [0.4, 0.5) is 0 Å². The molecule has 6 nitrogen and oxygen atoms in total. The maximum atomic E-state index is 11.1. The van der Waals surface area contributed by atoms with Crippen LogP contribution in [0.5, 0.6) is 5.75 Å². The van der Waals surface area contributed by atoms with E-state index in [0.717, 1.165) is 11.3 Å². The second kappa shape index (κ2) is 6.81. The Balaban J connectivity index is 2.03. The lowest BCUT2D eigenvalue weighted by molar-refractivity contribution is 0.0694. The van der Waals surface area contributed by atoms with Gasteiger partial charge >= 0.3 is 5.97 Å². The van der Waals surface area contributed by atoms with Crippen molar-refractivity contribution in [1.82, 2.24) is 15.3 Å². The molecule has 0 saturated carbocycles. The van der Waals surface area contributed by atoms with Gasteiger partial charge in [-0.1, -0.05) is 12.1 Å². The summed E-state index contributed by atoms with van der Waals surface area (Å²) in [6.07, 6.45) is 2.66. The van der Waals surface area contributed by atoms with Gasteiger partial charge < -0.3 is 15.2 Å². The Labute approximate surface area is 122 Å². The van der Waals surface area contributed by atoms with E-state index in [9.17, 15) is 4.79 Å². The first-order valence-electron chi connectivity index (χ1n) is 6.51. The zero-order valence-electron chi connectivity index (χ0n) is 11.9. The highest BCUT2D eigenvalue weighted by Gasteiger charge is 2.12. The average molecular weight is 287 g/mol. The number of carboxylic acid groups (broad SMARTS) is 1. The van der Waals surface area contributed by atoms with E-state index in [1.165, 1.54) is 12.5 Å². The molecule has 0 spiro atoms. The highest BCUT2D eigenvalue weighted by Crippen LogP contribution is 2.17. The molecule has 0 saturated heterocycles. The zero-order chi connectivity index (χ0) is 15.2. The van der Waals surface area contributed by atoms with E-state index in [-0.39, 0.29) is 11.6 Å². The summed E-state index contributed by atoms with van der Waals surface area (Å²) in [6.45, 7) is 2.36. The topological polar surface area (TPSA) is 84.3 Å². The number of nitrogens with zero attached hydrogens (tertiary/aromatic N) is 2. The summed E-state index contributed by atoms with van der Waals surface area (Å²) in [7, 11) is 1.62. The molecule has 0 aliphatic rings. The number of carboxylic acids is 1. The van der Waals surface area contributed by atoms with E-state index in [0.29, 0.717) is 12.2 Å². The number of ether oxygens (including phenoxy) is 1. The summed E-state index contributed by atoms with van der Waals surface area (Å²) < 4.78 is 5.12. The van der Waals surface area contributed by atoms with Gasteiger partial charge in [-0.2, -0.15) is 0 Å². The van der Waals surface area contributed by atoms with Crippen molar-refractivity contribution < 1.29 is 14.6 Å². The van der Waals surface area contributed by atoms with E-state index in [1.807, 2.05) is 31.2 Å². The maximum absolute atomic E-state index is 11.1. The predicted octanol–water partition coefficient (Wildman–Crippen LogP) is 2.03. The minimum absolute atomic E-state index is 0.0625. The Hall–Kier alpha value is -2.47. The van der Waals surface area contributed by atoms with E-state index in [4.69, 9.17) is 9.84 Å². The smallest absolute Gasteiger partial charge is 0.339 e. The van der Waals surface area contributed by atoms with Crippen molar-refractivity contribution >= 4 is 5.97 Å². The molecule has 1 aromatic carbocycles. The largest absolute Gasteiger partial charge is 0.497 e. The monoisotopic (exact) mass is 287 g/mol. The lowest BCUT2D eigenvalue weighted by atomic mass is 10.1. The van der Waals surface area contributed by atoms with Gasteiger partial charge in [0.05, 0.1) is 12.8 Å². The molecule has 0 aliphatic carbocycles. The van der Waals surface area contributed by atoms with Gasteiger partial charge in [0.15, 0.2) is 0 Å². The molecule has 0 amide bonds. The standard InChI is InChI=1S/C15H17N3O3/c1-10(11-3-5-12(21-2)6-4-11)17-8-14-13(15(19)20)7-16-9-18-14/h3-7,9-10,17H,8H2,1-2H3,(H,19,20). The highest BCUT2D eigenvalue weighted by atomic mass is 16.5. The number of methoxy groups -OCH3 is 1. The van der Waals surface area contributed by atoms with Crippen LogP contribution in [-0.2, 0) is 6.54 Å². The SMILES string of the molecule is COc1ccc(C(C)NCc2ncncc2C(=O)O)cc1. The Morgan fingerprint density at radius 3 is 2.71 bits per heavy atom. The van der Waals surface area contributed by atoms with Crippen LogP contribution in [0.3, 0.4) is 0 Å². The van der Waals surface area contributed by atoms with Crippen LogP contribution in [0.2, 0.25) is 0 Å². The Kier molecular flexibility index (Phi) is 4.84. The molecule has 21 heavy (non-hydrogen) atoms. The third-order valence-corrected chi connectivity index (χ3v) is 3.22. The zero-order valence-corrected chi connectivity index (χ0v) is 11.9. The fraction of sp³-hybridized carbons (Fsp3) is 0.267. The van der Waals surface area contributed by atoms with Crippen LogP contribution in [0, 0.1) is 0 Å². The normalized spacial score (nSPS) is 11.9. The van der Waals surface area contributed by atoms with Gasteiger partial charge in [-0.3, -0.25) is 0 Å². The molecule has 0 bridgehead atoms. The number of hydrogen-bond donors (Lipinski definition) is 2. The highest BCUT2D eigenvalue weighted by molar-refractivity contribution is 5.88. The molecule has 1 unspecified atom stereocenters. The van der Waals surface area contributed by atoms with Gasteiger partial charge in [-0.25, -0.2) is 14.8 Å². The van der Waals surface area contributed by atoms with Gasteiger partial charge in [0.1, 0.15) is 17.6 Å². The van der Waals surface area contributed by atoms with Gasteiger partial charge in [0.2, 0.25) is 0 Å². The molecule has 2 rings (SSSR count). The van der Waals surface area contributed by atoms with E-state index in [1.54, 1.807) is 7.11 Å². The molecular weight excluding hydrogens is 270 g/mol. The molecule has 1 heterocycles. The Morgan fingerprint density at radius 2 is 2.10 bits per heavy atom. The lowest BCUT2D eigenvalue weighted by Crippen LogP contribution is -2.20. The Bertz CT molecular complexity index is 614. The second-order valence-corrected chi connectivity index (χ2v) is 4.56. The summed E-state index contributed by atoms with van der Waals surface area (Å²) in [5.74, 6) is -0.223. The molecule has 0 fully saturated rings. The van der Waals surface area contributed by atoms with Crippen molar-refractivity contribution in [3.63, 3.8) is 0 Å². The van der Waals surface area contributed by atoms with Gasteiger partial charge in [0, 0.05) is 18.8 Å². The molecular formula is C15H17N3O3. The minimum atomic E-state index is -1.02. The van der Waals surface area contributed by atoms with Gasteiger partial charge in [-0.15, -0.1) is 0 Å². The first-order valence-corrected chi connectivity index (χ1v) is 6.51. The van der Waals surface area contributed by atoms with Crippen LogP contribution >= 0.6 is 0 Å². The van der Waals surface area contributed by atoms with Crippen molar-refractivity contribution in [3.05, 3.63) is 53.6 Å². The summed E-state index contributed by atoms with van der Waals surface area (Å²) >= 11 is 0. The molecule has 6 heteroatoms. The quantitative estimate of drug-likeness (QED) is 0.845. The molecule has 2 aromatic rings. The van der Waals surface area contributed by atoms with Gasteiger partial charge in [-0.05, 0) is 24.6 Å². The number of carbonyl (C=O) groups is 1. The lowest BCUT2D eigenvalue weighted by Gasteiger charge is -2.15. The van der Waals surface area contributed by atoms with Crippen molar-refractivity contribution in [2.24, 2.45) is 0 Å².